The van der Waals surface area contributed by atoms with Gasteiger partial charge < -0.3 is 10.4 Å². The maximum atomic E-state index is 12.2. The number of benzene rings is 1. The fourth-order valence-corrected chi connectivity index (χ4v) is 2.43. The minimum atomic E-state index is -0.133. The normalized spacial score (nSPS) is 13.8. The Morgan fingerprint density at radius 2 is 2.10 bits per heavy atom. The van der Waals surface area contributed by atoms with E-state index in [-0.39, 0.29) is 18.4 Å². The molecule has 1 amide bonds. The lowest BCUT2D eigenvalue weighted by Gasteiger charge is -2.18. The minimum Gasteiger partial charge on any atom is -0.396 e. The van der Waals surface area contributed by atoms with Crippen LogP contribution >= 0.6 is 0 Å². The van der Waals surface area contributed by atoms with E-state index in [9.17, 15) is 4.79 Å². The summed E-state index contributed by atoms with van der Waals surface area (Å²) in [6.45, 7) is 6.94. The van der Waals surface area contributed by atoms with Gasteiger partial charge in [0.15, 0.2) is 0 Å². The van der Waals surface area contributed by atoms with Gasteiger partial charge >= 0.3 is 0 Å². The van der Waals surface area contributed by atoms with Gasteiger partial charge in [-0.15, -0.1) is 0 Å². The molecule has 0 aliphatic heterocycles. The molecule has 2 N–H and O–H groups in total. The lowest BCUT2D eigenvalue weighted by atomic mass is 9.97. The van der Waals surface area contributed by atoms with Crippen LogP contribution in [0, 0.1) is 12.8 Å². The first-order valence-electron chi connectivity index (χ1n) is 7.53. The number of aliphatic hydroxyl groups excluding tert-OH is 1. The van der Waals surface area contributed by atoms with Gasteiger partial charge in [0.1, 0.15) is 0 Å². The molecular formula is C17H27NO2. The minimum absolute atomic E-state index is 0.0645. The molecule has 0 bridgehead atoms. The van der Waals surface area contributed by atoms with Crippen molar-refractivity contribution in [1.82, 2.24) is 5.32 Å². The molecule has 0 saturated heterocycles. The van der Waals surface area contributed by atoms with E-state index in [1.54, 1.807) is 0 Å². The van der Waals surface area contributed by atoms with Gasteiger partial charge in [-0.3, -0.25) is 4.79 Å². The SMILES string of the molecule is CCCC(CCO)CNC(=O)C(C)c1cccc(C)c1. The molecular weight excluding hydrogens is 250 g/mol. The molecule has 0 aliphatic carbocycles. The van der Waals surface area contributed by atoms with Crippen molar-refractivity contribution in [2.75, 3.05) is 13.2 Å². The summed E-state index contributed by atoms with van der Waals surface area (Å²) < 4.78 is 0. The van der Waals surface area contributed by atoms with E-state index >= 15 is 0 Å². The molecule has 3 heteroatoms. The monoisotopic (exact) mass is 277 g/mol. The summed E-state index contributed by atoms with van der Waals surface area (Å²) >= 11 is 0. The Morgan fingerprint density at radius 3 is 2.70 bits per heavy atom. The number of aryl methyl sites for hydroxylation is 1. The van der Waals surface area contributed by atoms with Crippen molar-refractivity contribution < 1.29 is 9.90 Å². The van der Waals surface area contributed by atoms with Crippen molar-refractivity contribution in [3.8, 4) is 0 Å². The number of hydrogen-bond acceptors (Lipinski definition) is 2. The van der Waals surface area contributed by atoms with Crippen LogP contribution in [0.3, 0.4) is 0 Å². The summed E-state index contributed by atoms with van der Waals surface area (Å²) in [7, 11) is 0. The maximum absolute atomic E-state index is 12.2. The molecule has 0 heterocycles. The molecule has 0 aromatic heterocycles. The molecule has 1 aromatic rings. The molecule has 2 unspecified atom stereocenters. The number of carbonyl (C=O) groups excluding carboxylic acids is 1. The number of aliphatic hydroxyl groups is 1. The molecule has 0 saturated carbocycles. The van der Waals surface area contributed by atoms with Gasteiger partial charge in [-0.25, -0.2) is 0 Å². The second-order valence-electron chi connectivity index (χ2n) is 5.55. The Labute approximate surface area is 122 Å². The van der Waals surface area contributed by atoms with Crippen LogP contribution in [0.2, 0.25) is 0 Å². The van der Waals surface area contributed by atoms with E-state index in [2.05, 4.69) is 18.3 Å². The fourth-order valence-electron chi connectivity index (χ4n) is 2.43. The first-order chi connectivity index (χ1) is 9.58. The van der Waals surface area contributed by atoms with E-state index in [1.807, 2.05) is 32.0 Å². The van der Waals surface area contributed by atoms with Gasteiger partial charge in [0.2, 0.25) is 5.91 Å². The number of carbonyl (C=O) groups is 1. The summed E-state index contributed by atoms with van der Waals surface area (Å²) in [4.78, 5) is 12.2. The lowest BCUT2D eigenvalue weighted by Crippen LogP contribution is -2.32. The highest BCUT2D eigenvalue weighted by Gasteiger charge is 2.16. The zero-order chi connectivity index (χ0) is 15.0. The summed E-state index contributed by atoms with van der Waals surface area (Å²) in [5.74, 6) is 0.305. The molecule has 2 atom stereocenters. The number of amides is 1. The molecule has 112 valence electrons. The summed E-state index contributed by atoms with van der Waals surface area (Å²) in [5.41, 5.74) is 2.22. The van der Waals surface area contributed by atoms with Crippen LogP contribution < -0.4 is 5.32 Å². The molecule has 1 rings (SSSR count). The van der Waals surface area contributed by atoms with Crippen molar-refractivity contribution in [3.63, 3.8) is 0 Å². The van der Waals surface area contributed by atoms with Gasteiger partial charge in [0, 0.05) is 13.2 Å². The molecule has 1 aromatic carbocycles. The van der Waals surface area contributed by atoms with Crippen LogP contribution in [-0.2, 0) is 4.79 Å². The van der Waals surface area contributed by atoms with Gasteiger partial charge in [-0.1, -0.05) is 43.2 Å². The zero-order valence-electron chi connectivity index (χ0n) is 12.9. The Kier molecular flexibility index (Phi) is 7.31. The second-order valence-corrected chi connectivity index (χ2v) is 5.55. The molecule has 3 nitrogen and oxygen atoms in total. The highest BCUT2D eigenvalue weighted by atomic mass is 16.3. The highest BCUT2D eigenvalue weighted by molar-refractivity contribution is 5.83. The van der Waals surface area contributed by atoms with E-state index in [0.717, 1.165) is 24.8 Å². The topological polar surface area (TPSA) is 49.3 Å². The molecule has 0 spiro atoms. The molecule has 0 radical (unpaired) electrons. The quantitative estimate of drug-likeness (QED) is 0.767. The van der Waals surface area contributed by atoms with E-state index in [1.165, 1.54) is 5.56 Å². The van der Waals surface area contributed by atoms with E-state index in [0.29, 0.717) is 12.5 Å². The van der Waals surface area contributed by atoms with Crippen molar-refractivity contribution in [2.45, 2.75) is 46.0 Å². The Bertz CT molecular complexity index is 411. The van der Waals surface area contributed by atoms with Crippen LogP contribution in [-0.4, -0.2) is 24.2 Å². The van der Waals surface area contributed by atoms with Crippen molar-refractivity contribution in [3.05, 3.63) is 35.4 Å². The fraction of sp³-hybridized carbons (Fsp3) is 0.588. The van der Waals surface area contributed by atoms with Crippen LogP contribution in [0.4, 0.5) is 0 Å². The molecule has 0 aliphatic rings. The van der Waals surface area contributed by atoms with Crippen molar-refractivity contribution in [1.29, 1.82) is 0 Å². The largest absolute Gasteiger partial charge is 0.396 e. The average molecular weight is 277 g/mol. The van der Waals surface area contributed by atoms with Gasteiger partial charge in [-0.05, 0) is 38.2 Å². The summed E-state index contributed by atoms with van der Waals surface area (Å²) in [6, 6.07) is 8.07. The third-order valence-corrected chi connectivity index (χ3v) is 3.73. The van der Waals surface area contributed by atoms with Crippen LogP contribution in [0.5, 0.6) is 0 Å². The standard InChI is InChI=1S/C17H27NO2/c1-4-6-15(9-10-19)12-18-17(20)14(3)16-8-5-7-13(2)11-16/h5,7-8,11,14-15,19H,4,6,9-10,12H2,1-3H3,(H,18,20). The molecule has 20 heavy (non-hydrogen) atoms. The third kappa shape index (κ3) is 5.33. The smallest absolute Gasteiger partial charge is 0.227 e. The first-order valence-corrected chi connectivity index (χ1v) is 7.53. The van der Waals surface area contributed by atoms with Crippen molar-refractivity contribution >= 4 is 5.91 Å². The van der Waals surface area contributed by atoms with Gasteiger partial charge in [0.05, 0.1) is 5.92 Å². The third-order valence-electron chi connectivity index (χ3n) is 3.73. The second kappa shape index (κ2) is 8.75. The summed E-state index contributed by atoms with van der Waals surface area (Å²) in [6.07, 6.45) is 2.88. The van der Waals surface area contributed by atoms with Crippen LogP contribution in [0.15, 0.2) is 24.3 Å². The van der Waals surface area contributed by atoms with E-state index < -0.39 is 0 Å². The highest BCUT2D eigenvalue weighted by Crippen LogP contribution is 2.17. The maximum Gasteiger partial charge on any atom is 0.227 e. The van der Waals surface area contributed by atoms with Crippen LogP contribution in [0.25, 0.3) is 0 Å². The lowest BCUT2D eigenvalue weighted by molar-refractivity contribution is -0.122. The predicted molar refractivity (Wildman–Crippen MR) is 82.7 cm³/mol. The zero-order valence-corrected chi connectivity index (χ0v) is 12.9. The van der Waals surface area contributed by atoms with Gasteiger partial charge in [0.25, 0.3) is 0 Å². The average Bonchev–Trinajstić information content (AvgIpc) is 2.44. The number of rotatable bonds is 8. The Balaban J connectivity index is 2.53. The Hall–Kier alpha value is -1.35. The van der Waals surface area contributed by atoms with Crippen molar-refractivity contribution in [2.24, 2.45) is 5.92 Å². The number of nitrogens with one attached hydrogen (secondary N) is 1. The predicted octanol–water partition coefficient (Wildman–Crippen LogP) is 3.01. The molecule has 0 fully saturated rings. The first kappa shape index (κ1) is 16.7. The number of hydrogen-bond donors (Lipinski definition) is 2. The van der Waals surface area contributed by atoms with E-state index in [4.69, 9.17) is 5.11 Å². The summed E-state index contributed by atoms with van der Waals surface area (Å²) in [5, 5.41) is 12.1. The van der Waals surface area contributed by atoms with Crippen LogP contribution in [0.1, 0.15) is 50.2 Å². The van der Waals surface area contributed by atoms with Gasteiger partial charge in [-0.2, -0.15) is 0 Å². The Morgan fingerprint density at radius 1 is 1.35 bits per heavy atom.